The second kappa shape index (κ2) is 5.55. The van der Waals surface area contributed by atoms with Gasteiger partial charge in [0.1, 0.15) is 6.07 Å². The van der Waals surface area contributed by atoms with Crippen LogP contribution in [0.25, 0.3) is 0 Å². The number of nitrogens with two attached hydrogens (primary N) is 1. The van der Waals surface area contributed by atoms with E-state index in [1.165, 1.54) is 0 Å². The Balaban J connectivity index is 3.06. The summed E-state index contributed by atoms with van der Waals surface area (Å²) in [5.74, 6) is 0. The molecule has 0 amide bonds. The van der Waals surface area contributed by atoms with E-state index in [9.17, 15) is 5.11 Å². The van der Waals surface area contributed by atoms with Gasteiger partial charge in [0, 0.05) is 5.69 Å². The van der Waals surface area contributed by atoms with Crippen molar-refractivity contribution in [3.63, 3.8) is 0 Å². The Morgan fingerprint density at radius 3 is 2.53 bits per heavy atom. The molecule has 0 aliphatic carbocycles. The third kappa shape index (κ3) is 2.89. The molecule has 0 radical (unpaired) electrons. The van der Waals surface area contributed by atoms with Crippen LogP contribution in [-0.4, -0.2) is 17.3 Å². The van der Waals surface area contributed by atoms with Crippen LogP contribution >= 0.6 is 0 Å². The van der Waals surface area contributed by atoms with Crippen molar-refractivity contribution in [1.29, 1.82) is 5.26 Å². The van der Waals surface area contributed by atoms with Crippen LogP contribution in [-0.2, 0) is 0 Å². The van der Waals surface area contributed by atoms with E-state index in [2.05, 4.69) is 11.4 Å². The summed E-state index contributed by atoms with van der Waals surface area (Å²) in [5, 5.41) is 21.8. The fraction of sp³-hybridized carbons (Fsp3) is 0.462. The first-order valence-corrected chi connectivity index (χ1v) is 5.79. The zero-order valence-corrected chi connectivity index (χ0v) is 10.3. The van der Waals surface area contributed by atoms with Crippen LogP contribution in [0.2, 0.25) is 0 Å². The monoisotopic (exact) mass is 233 g/mol. The number of anilines is 2. The molecule has 0 aliphatic rings. The van der Waals surface area contributed by atoms with E-state index in [1.54, 1.807) is 18.2 Å². The Labute approximate surface area is 102 Å². The molecule has 0 fully saturated rings. The van der Waals surface area contributed by atoms with Gasteiger partial charge in [0.05, 0.1) is 23.4 Å². The highest BCUT2D eigenvalue weighted by Gasteiger charge is 2.25. The summed E-state index contributed by atoms with van der Waals surface area (Å²) in [7, 11) is 0. The minimum atomic E-state index is -0.373. The predicted octanol–water partition coefficient (Wildman–Crippen LogP) is 2.10. The van der Waals surface area contributed by atoms with Crippen LogP contribution < -0.4 is 11.1 Å². The minimum absolute atomic E-state index is 0.0369. The average molecular weight is 233 g/mol. The molecule has 0 atom stereocenters. The van der Waals surface area contributed by atoms with Crippen molar-refractivity contribution in [2.75, 3.05) is 17.7 Å². The molecule has 1 aromatic carbocycles. The fourth-order valence-electron chi connectivity index (χ4n) is 1.74. The predicted molar refractivity (Wildman–Crippen MR) is 69.6 cm³/mol. The lowest BCUT2D eigenvalue weighted by Crippen LogP contribution is -2.41. The molecule has 1 rings (SSSR count). The SMILES string of the molecule is CCC(CC)(CO)Nc1ccc(N)cc1C#N. The van der Waals surface area contributed by atoms with Gasteiger partial charge in [-0.2, -0.15) is 5.26 Å². The largest absolute Gasteiger partial charge is 0.399 e. The number of nitrogens with zero attached hydrogens (tertiary/aromatic N) is 1. The number of aliphatic hydroxyl groups excluding tert-OH is 1. The highest BCUT2D eigenvalue weighted by atomic mass is 16.3. The van der Waals surface area contributed by atoms with Crippen molar-refractivity contribution in [3.05, 3.63) is 23.8 Å². The summed E-state index contributed by atoms with van der Waals surface area (Å²) in [5.41, 5.74) is 7.05. The molecule has 4 N–H and O–H groups in total. The molecule has 0 aromatic heterocycles. The van der Waals surface area contributed by atoms with Crippen LogP contribution in [0.1, 0.15) is 32.3 Å². The normalized spacial score (nSPS) is 10.9. The number of hydrogen-bond donors (Lipinski definition) is 3. The van der Waals surface area contributed by atoms with Crippen LogP contribution in [0.15, 0.2) is 18.2 Å². The maximum absolute atomic E-state index is 9.49. The van der Waals surface area contributed by atoms with Crippen LogP contribution in [0.3, 0.4) is 0 Å². The van der Waals surface area contributed by atoms with E-state index < -0.39 is 0 Å². The van der Waals surface area contributed by atoms with Crippen molar-refractivity contribution >= 4 is 11.4 Å². The molecule has 17 heavy (non-hydrogen) atoms. The summed E-state index contributed by atoms with van der Waals surface area (Å²) in [6.07, 6.45) is 1.57. The van der Waals surface area contributed by atoms with E-state index in [4.69, 9.17) is 11.0 Å². The molecule has 92 valence electrons. The summed E-state index contributed by atoms with van der Waals surface area (Å²) in [6, 6.07) is 7.27. The zero-order chi connectivity index (χ0) is 12.9. The van der Waals surface area contributed by atoms with Gasteiger partial charge in [0.25, 0.3) is 0 Å². The maximum atomic E-state index is 9.49. The smallest absolute Gasteiger partial charge is 0.101 e. The molecule has 0 aliphatic heterocycles. The number of benzene rings is 1. The first-order chi connectivity index (χ1) is 8.10. The zero-order valence-electron chi connectivity index (χ0n) is 10.3. The molecule has 0 unspecified atom stereocenters. The van der Waals surface area contributed by atoms with Gasteiger partial charge in [-0.25, -0.2) is 0 Å². The molecule has 4 heteroatoms. The van der Waals surface area contributed by atoms with Gasteiger partial charge in [-0.15, -0.1) is 0 Å². The Morgan fingerprint density at radius 1 is 1.41 bits per heavy atom. The quantitative estimate of drug-likeness (QED) is 0.680. The summed E-state index contributed by atoms with van der Waals surface area (Å²) >= 11 is 0. The number of aliphatic hydroxyl groups is 1. The van der Waals surface area contributed by atoms with Gasteiger partial charge in [-0.1, -0.05) is 13.8 Å². The molecule has 0 saturated carbocycles. The molecular formula is C13H19N3O. The highest BCUT2D eigenvalue weighted by Crippen LogP contribution is 2.25. The summed E-state index contributed by atoms with van der Waals surface area (Å²) < 4.78 is 0. The second-order valence-electron chi connectivity index (χ2n) is 4.19. The average Bonchev–Trinajstić information content (AvgIpc) is 2.37. The van der Waals surface area contributed by atoms with Gasteiger partial charge >= 0.3 is 0 Å². The Hall–Kier alpha value is -1.73. The molecule has 0 bridgehead atoms. The third-order valence-electron chi connectivity index (χ3n) is 3.22. The topological polar surface area (TPSA) is 82.1 Å². The van der Waals surface area contributed by atoms with Gasteiger partial charge in [0.2, 0.25) is 0 Å². The minimum Gasteiger partial charge on any atom is -0.399 e. The van der Waals surface area contributed by atoms with Crippen molar-refractivity contribution in [2.24, 2.45) is 0 Å². The van der Waals surface area contributed by atoms with Gasteiger partial charge in [0.15, 0.2) is 0 Å². The van der Waals surface area contributed by atoms with E-state index >= 15 is 0 Å². The van der Waals surface area contributed by atoms with Crippen molar-refractivity contribution in [2.45, 2.75) is 32.2 Å². The maximum Gasteiger partial charge on any atom is 0.101 e. The van der Waals surface area contributed by atoms with Crippen LogP contribution in [0.5, 0.6) is 0 Å². The molecule has 0 heterocycles. The van der Waals surface area contributed by atoms with Crippen LogP contribution in [0.4, 0.5) is 11.4 Å². The van der Waals surface area contributed by atoms with Crippen molar-refractivity contribution < 1.29 is 5.11 Å². The molecule has 0 saturated heterocycles. The highest BCUT2D eigenvalue weighted by molar-refractivity contribution is 5.63. The summed E-state index contributed by atoms with van der Waals surface area (Å²) in [6.45, 7) is 4.06. The summed E-state index contributed by atoms with van der Waals surface area (Å²) in [4.78, 5) is 0. The van der Waals surface area contributed by atoms with E-state index in [-0.39, 0.29) is 12.1 Å². The standard InChI is InChI=1S/C13H19N3O/c1-3-13(4-2,9-17)16-12-6-5-11(15)7-10(12)8-14/h5-7,16-17H,3-4,9,15H2,1-2H3. The Morgan fingerprint density at radius 2 is 2.06 bits per heavy atom. The molecule has 1 aromatic rings. The second-order valence-corrected chi connectivity index (χ2v) is 4.19. The number of nitrogen functional groups attached to an aromatic ring is 1. The van der Waals surface area contributed by atoms with Gasteiger partial charge in [-0.05, 0) is 31.0 Å². The van der Waals surface area contributed by atoms with E-state index in [0.717, 1.165) is 18.5 Å². The van der Waals surface area contributed by atoms with Crippen LogP contribution in [0, 0.1) is 11.3 Å². The lowest BCUT2D eigenvalue weighted by molar-refractivity contribution is 0.202. The van der Waals surface area contributed by atoms with Crippen molar-refractivity contribution in [3.8, 4) is 6.07 Å². The Kier molecular flexibility index (Phi) is 4.36. The third-order valence-corrected chi connectivity index (χ3v) is 3.22. The molecule has 0 spiro atoms. The number of rotatable bonds is 5. The molecule has 4 nitrogen and oxygen atoms in total. The van der Waals surface area contributed by atoms with Crippen molar-refractivity contribution in [1.82, 2.24) is 0 Å². The van der Waals surface area contributed by atoms with Gasteiger partial charge < -0.3 is 16.2 Å². The van der Waals surface area contributed by atoms with E-state index in [1.807, 2.05) is 13.8 Å². The van der Waals surface area contributed by atoms with E-state index in [0.29, 0.717) is 11.3 Å². The number of nitriles is 1. The van der Waals surface area contributed by atoms with Gasteiger partial charge in [-0.3, -0.25) is 0 Å². The number of nitrogens with one attached hydrogen (secondary N) is 1. The lowest BCUT2D eigenvalue weighted by Gasteiger charge is -2.32. The first-order valence-electron chi connectivity index (χ1n) is 5.79. The Bertz CT molecular complexity index is 411. The fourth-order valence-corrected chi connectivity index (χ4v) is 1.74. The first kappa shape index (κ1) is 13.3. The number of hydrogen-bond acceptors (Lipinski definition) is 4. The lowest BCUT2D eigenvalue weighted by atomic mass is 9.93. The molecular weight excluding hydrogens is 214 g/mol.